The summed E-state index contributed by atoms with van der Waals surface area (Å²) in [7, 11) is 0. The number of fused-ring (bicyclic) bond motifs is 1. The average Bonchev–Trinajstić information content (AvgIpc) is 3.10. The Bertz CT molecular complexity index is 674. The van der Waals surface area contributed by atoms with Gasteiger partial charge in [0.15, 0.2) is 0 Å². The van der Waals surface area contributed by atoms with Gasteiger partial charge >= 0.3 is 0 Å². The zero-order valence-corrected chi connectivity index (χ0v) is 15.1. The van der Waals surface area contributed by atoms with Crippen LogP contribution >= 0.6 is 0 Å². The van der Waals surface area contributed by atoms with E-state index < -0.39 is 11.8 Å². The van der Waals surface area contributed by atoms with Crippen LogP contribution in [0.1, 0.15) is 24.0 Å². The number of nitrogens with zero attached hydrogens (tertiary/aromatic N) is 1. The molecule has 142 valence electrons. The number of carbonyl (C=O) groups excluding carboxylic acids is 1. The molecule has 2 saturated heterocycles. The minimum absolute atomic E-state index is 0.217. The first-order chi connectivity index (χ1) is 12.4. The Morgan fingerprint density at radius 2 is 2.15 bits per heavy atom. The lowest BCUT2D eigenvalue weighted by Crippen LogP contribution is -2.46. The lowest BCUT2D eigenvalue weighted by atomic mass is 9.80. The first kappa shape index (κ1) is 17.9. The van der Waals surface area contributed by atoms with Gasteiger partial charge in [-0.3, -0.25) is 9.69 Å². The van der Waals surface area contributed by atoms with Crippen molar-refractivity contribution in [3.63, 3.8) is 0 Å². The predicted octanol–water partition coefficient (Wildman–Crippen LogP) is 2.60. The molecule has 3 fully saturated rings. The standard InChI is InChI=1S/C20H26F2N2O2/c1-13-3-2-4-14(5-13)9-24-10-17-16(12-26-18(17)11-24)8-23-19(25)15-6-20(21,22)7-15/h2-5,15-18H,6-12H2,1H3,(H,23,25)/t16-,17-,18-/m1/s1. The van der Waals surface area contributed by atoms with Crippen molar-refractivity contribution in [2.75, 3.05) is 26.2 Å². The first-order valence-electron chi connectivity index (χ1n) is 9.45. The minimum atomic E-state index is -2.65. The highest BCUT2D eigenvalue weighted by atomic mass is 19.3. The van der Waals surface area contributed by atoms with Gasteiger partial charge in [-0.25, -0.2) is 8.78 Å². The van der Waals surface area contributed by atoms with E-state index in [0.29, 0.717) is 19.1 Å². The fourth-order valence-electron chi connectivity index (χ4n) is 4.51. The maximum Gasteiger partial charge on any atom is 0.249 e. The molecule has 1 aromatic carbocycles. The number of ether oxygens (including phenoxy) is 1. The van der Waals surface area contributed by atoms with Crippen LogP contribution in [0.3, 0.4) is 0 Å². The third kappa shape index (κ3) is 3.76. The van der Waals surface area contributed by atoms with E-state index >= 15 is 0 Å². The van der Waals surface area contributed by atoms with E-state index in [1.165, 1.54) is 11.1 Å². The number of amides is 1. The van der Waals surface area contributed by atoms with Crippen molar-refractivity contribution in [3.8, 4) is 0 Å². The van der Waals surface area contributed by atoms with Crippen molar-refractivity contribution >= 4 is 5.91 Å². The number of hydrogen-bond acceptors (Lipinski definition) is 3. The summed E-state index contributed by atoms with van der Waals surface area (Å²) in [6.07, 6.45) is -0.401. The molecule has 6 heteroatoms. The van der Waals surface area contributed by atoms with Gasteiger partial charge in [-0.2, -0.15) is 0 Å². The fourth-order valence-corrected chi connectivity index (χ4v) is 4.51. The highest BCUT2D eigenvalue weighted by Crippen LogP contribution is 2.42. The minimum Gasteiger partial charge on any atom is -0.376 e. The van der Waals surface area contributed by atoms with Gasteiger partial charge in [-0.05, 0) is 12.5 Å². The maximum atomic E-state index is 12.9. The van der Waals surface area contributed by atoms with Crippen LogP contribution in [0.25, 0.3) is 0 Å². The average molecular weight is 364 g/mol. The van der Waals surface area contributed by atoms with Crippen LogP contribution in [-0.2, 0) is 16.1 Å². The molecular formula is C20H26F2N2O2. The molecule has 1 saturated carbocycles. The third-order valence-corrected chi connectivity index (χ3v) is 6.00. The second-order valence-corrected chi connectivity index (χ2v) is 8.19. The maximum absolute atomic E-state index is 12.9. The summed E-state index contributed by atoms with van der Waals surface area (Å²) in [6, 6.07) is 8.54. The largest absolute Gasteiger partial charge is 0.376 e. The van der Waals surface area contributed by atoms with Crippen LogP contribution in [0.5, 0.6) is 0 Å². The molecule has 2 heterocycles. The van der Waals surface area contributed by atoms with Crippen molar-refractivity contribution < 1.29 is 18.3 Å². The molecule has 26 heavy (non-hydrogen) atoms. The summed E-state index contributed by atoms with van der Waals surface area (Å²) < 4.78 is 31.7. The molecule has 0 unspecified atom stereocenters. The van der Waals surface area contributed by atoms with Gasteiger partial charge < -0.3 is 10.1 Å². The summed E-state index contributed by atoms with van der Waals surface area (Å²) in [5.74, 6) is -2.72. The van der Waals surface area contributed by atoms with E-state index in [-0.39, 0.29) is 30.8 Å². The van der Waals surface area contributed by atoms with Crippen molar-refractivity contribution in [2.24, 2.45) is 17.8 Å². The van der Waals surface area contributed by atoms with Crippen molar-refractivity contribution in [1.82, 2.24) is 10.2 Å². The third-order valence-electron chi connectivity index (χ3n) is 6.00. The number of carbonyl (C=O) groups is 1. The van der Waals surface area contributed by atoms with E-state index in [2.05, 4.69) is 41.4 Å². The molecule has 2 aliphatic heterocycles. The number of benzene rings is 1. The fraction of sp³-hybridized carbons (Fsp3) is 0.650. The van der Waals surface area contributed by atoms with Crippen LogP contribution in [0, 0.1) is 24.7 Å². The Labute approximate surface area is 152 Å². The second-order valence-electron chi connectivity index (χ2n) is 8.19. The molecule has 3 aliphatic rings. The van der Waals surface area contributed by atoms with Crippen LogP contribution in [-0.4, -0.2) is 49.1 Å². The van der Waals surface area contributed by atoms with E-state index in [4.69, 9.17) is 4.74 Å². The number of rotatable bonds is 5. The summed E-state index contributed by atoms with van der Waals surface area (Å²) >= 11 is 0. The van der Waals surface area contributed by atoms with Crippen LogP contribution in [0.2, 0.25) is 0 Å². The summed E-state index contributed by atoms with van der Waals surface area (Å²) in [5, 5.41) is 2.88. The summed E-state index contributed by atoms with van der Waals surface area (Å²) in [5.41, 5.74) is 2.57. The monoisotopic (exact) mass is 364 g/mol. The zero-order chi connectivity index (χ0) is 18.3. The van der Waals surface area contributed by atoms with E-state index in [0.717, 1.165) is 19.6 Å². The van der Waals surface area contributed by atoms with Gasteiger partial charge in [0, 0.05) is 56.8 Å². The normalized spacial score (nSPS) is 30.8. The van der Waals surface area contributed by atoms with Crippen LogP contribution < -0.4 is 5.32 Å². The second kappa shape index (κ2) is 6.89. The Morgan fingerprint density at radius 3 is 2.88 bits per heavy atom. The van der Waals surface area contributed by atoms with Gasteiger partial charge in [-0.1, -0.05) is 29.8 Å². The van der Waals surface area contributed by atoms with Crippen LogP contribution in [0.4, 0.5) is 8.78 Å². The number of halogens is 2. The molecule has 0 spiro atoms. The Hall–Kier alpha value is -1.53. The van der Waals surface area contributed by atoms with Gasteiger partial charge in [0.1, 0.15) is 0 Å². The van der Waals surface area contributed by atoms with E-state index in [1.807, 2.05) is 0 Å². The van der Waals surface area contributed by atoms with Crippen molar-refractivity contribution in [3.05, 3.63) is 35.4 Å². The van der Waals surface area contributed by atoms with Crippen molar-refractivity contribution in [2.45, 2.75) is 38.3 Å². The number of alkyl halides is 2. The van der Waals surface area contributed by atoms with E-state index in [1.54, 1.807) is 0 Å². The Kier molecular flexibility index (Phi) is 4.73. The Morgan fingerprint density at radius 1 is 1.35 bits per heavy atom. The molecular weight excluding hydrogens is 338 g/mol. The SMILES string of the molecule is Cc1cccc(CN2C[C@@H]3[C@H](CNC(=O)C4CC(F)(F)C4)CO[C@@H]3C2)c1. The van der Waals surface area contributed by atoms with Gasteiger partial charge in [0.05, 0.1) is 12.7 Å². The Balaban J connectivity index is 1.26. The number of hydrogen-bond donors (Lipinski definition) is 1. The zero-order valence-electron chi connectivity index (χ0n) is 15.1. The lowest BCUT2D eigenvalue weighted by Gasteiger charge is -2.34. The molecule has 1 aliphatic carbocycles. The quantitative estimate of drug-likeness (QED) is 0.873. The summed E-state index contributed by atoms with van der Waals surface area (Å²) in [4.78, 5) is 14.4. The summed E-state index contributed by atoms with van der Waals surface area (Å²) in [6.45, 7) is 6.06. The molecule has 4 nitrogen and oxygen atoms in total. The highest BCUT2D eigenvalue weighted by molar-refractivity contribution is 5.79. The molecule has 3 atom stereocenters. The lowest BCUT2D eigenvalue weighted by molar-refractivity contribution is -0.150. The number of aryl methyl sites for hydroxylation is 1. The topological polar surface area (TPSA) is 41.6 Å². The van der Waals surface area contributed by atoms with Gasteiger partial charge in [0.2, 0.25) is 11.8 Å². The molecule has 1 N–H and O–H groups in total. The first-order valence-corrected chi connectivity index (χ1v) is 9.45. The molecule has 1 aromatic rings. The van der Waals surface area contributed by atoms with E-state index in [9.17, 15) is 13.6 Å². The van der Waals surface area contributed by atoms with Crippen molar-refractivity contribution in [1.29, 1.82) is 0 Å². The van der Waals surface area contributed by atoms with Crippen LogP contribution in [0.15, 0.2) is 24.3 Å². The number of likely N-dealkylation sites (tertiary alicyclic amines) is 1. The smallest absolute Gasteiger partial charge is 0.249 e. The molecule has 0 bridgehead atoms. The highest BCUT2D eigenvalue weighted by Gasteiger charge is 2.49. The molecule has 1 amide bonds. The predicted molar refractivity (Wildman–Crippen MR) is 93.9 cm³/mol. The molecule has 0 aromatic heterocycles. The molecule has 0 radical (unpaired) electrons. The van der Waals surface area contributed by atoms with Gasteiger partial charge in [0.25, 0.3) is 0 Å². The number of nitrogens with one attached hydrogen (secondary N) is 1. The van der Waals surface area contributed by atoms with Gasteiger partial charge in [-0.15, -0.1) is 0 Å². The molecule has 4 rings (SSSR count).